The Hall–Kier alpha value is -0.120. The summed E-state index contributed by atoms with van der Waals surface area (Å²) in [6.45, 7) is 6.98. The van der Waals surface area contributed by atoms with Crippen molar-refractivity contribution in [3.8, 4) is 0 Å². The molecule has 106 valence electrons. The zero-order chi connectivity index (χ0) is 12.8. The van der Waals surface area contributed by atoms with Gasteiger partial charge < -0.3 is 14.8 Å². The van der Waals surface area contributed by atoms with E-state index in [0.29, 0.717) is 5.41 Å². The maximum atomic E-state index is 5.69. The lowest BCUT2D eigenvalue weighted by molar-refractivity contribution is 0.0880. The van der Waals surface area contributed by atoms with Gasteiger partial charge in [-0.15, -0.1) is 0 Å². The van der Waals surface area contributed by atoms with Crippen molar-refractivity contribution < 1.29 is 9.47 Å². The lowest BCUT2D eigenvalue weighted by Crippen LogP contribution is -2.36. The Balaban J connectivity index is 1.69. The van der Waals surface area contributed by atoms with Crippen molar-refractivity contribution >= 4 is 0 Å². The molecule has 2 fully saturated rings. The molecule has 0 aromatic rings. The first kappa shape index (κ1) is 14.3. The number of ether oxygens (including phenoxy) is 2. The molecule has 0 heterocycles. The van der Waals surface area contributed by atoms with Crippen LogP contribution in [0.2, 0.25) is 0 Å². The highest BCUT2D eigenvalue weighted by Gasteiger charge is 2.52. The van der Waals surface area contributed by atoms with E-state index in [2.05, 4.69) is 12.2 Å². The van der Waals surface area contributed by atoms with Crippen LogP contribution in [-0.2, 0) is 9.47 Å². The van der Waals surface area contributed by atoms with E-state index >= 15 is 0 Å². The van der Waals surface area contributed by atoms with Crippen LogP contribution < -0.4 is 5.32 Å². The van der Waals surface area contributed by atoms with E-state index in [1.54, 1.807) is 7.11 Å². The van der Waals surface area contributed by atoms with E-state index in [1.165, 1.54) is 25.7 Å². The maximum Gasteiger partial charge on any atom is 0.0587 e. The fourth-order valence-electron chi connectivity index (χ4n) is 3.51. The summed E-state index contributed by atoms with van der Waals surface area (Å²) in [6.07, 6.45) is 6.71. The average Bonchev–Trinajstić information content (AvgIpc) is 2.99. The highest BCUT2D eigenvalue weighted by atomic mass is 16.5. The molecule has 0 amide bonds. The van der Waals surface area contributed by atoms with Crippen molar-refractivity contribution in [3.05, 3.63) is 0 Å². The molecule has 2 atom stereocenters. The number of hydrogen-bond acceptors (Lipinski definition) is 3. The van der Waals surface area contributed by atoms with Crippen LogP contribution >= 0.6 is 0 Å². The standard InChI is InChI=1S/C15H29NO2/c1-3-6-18-7-4-15(12-16-5-8-17-2)10-13-9-14(13)11-15/h13-14,16H,3-12H2,1-2H3. The zero-order valence-electron chi connectivity index (χ0n) is 12.0. The Morgan fingerprint density at radius 1 is 1.17 bits per heavy atom. The molecular weight excluding hydrogens is 226 g/mol. The molecule has 2 rings (SSSR count). The first-order valence-electron chi connectivity index (χ1n) is 7.57. The van der Waals surface area contributed by atoms with Gasteiger partial charge in [0, 0.05) is 33.4 Å². The van der Waals surface area contributed by atoms with Crippen molar-refractivity contribution in [1.29, 1.82) is 0 Å². The van der Waals surface area contributed by atoms with Crippen molar-refractivity contribution in [2.24, 2.45) is 17.3 Å². The second kappa shape index (κ2) is 6.88. The molecule has 0 radical (unpaired) electrons. The monoisotopic (exact) mass is 255 g/mol. The molecule has 0 spiro atoms. The molecule has 3 heteroatoms. The first-order chi connectivity index (χ1) is 8.79. The number of hydrogen-bond donors (Lipinski definition) is 1. The van der Waals surface area contributed by atoms with Crippen molar-refractivity contribution in [2.45, 2.75) is 39.0 Å². The second-order valence-electron chi connectivity index (χ2n) is 6.20. The van der Waals surface area contributed by atoms with Crippen LogP contribution in [0.25, 0.3) is 0 Å². The summed E-state index contributed by atoms with van der Waals surface area (Å²) in [5, 5.41) is 3.57. The lowest BCUT2D eigenvalue weighted by atomic mass is 9.80. The highest BCUT2D eigenvalue weighted by Crippen LogP contribution is 2.60. The summed E-state index contributed by atoms with van der Waals surface area (Å²) in [4.78, 5) is 0. The van der Waals surface area contributed by atoms with Gasteiger partial charge in [-0.05, 0) is 49.4 Å². The summed E-state index contributed by atoms with van der Waals surface area (Å²) in [5.41, 5.74) is 0.523. The van der Waals surface area contributed by atoms with Gasteiger partial charge in [0.1, 0.15) is 0 Å². The van der Waals surface area contributed by atoms with E-state index in [1.807, 2.05) is 0 Å². The van der Waals surface area contributed by atoms with Gasteiger partial charge in [-0.1, -0.05) is 6.92 Å². The molecule has 2 aliphatic carbocycles. The summed E-state index contributed by atoms with van der Waals surface area (Å²) in [5.74, 6) is 2.08. The normalized spacial score (nSPS) is 33.7. The van der Waals surface area contributed by atoms with Crippen LogP contribution in [0.4, 0.5) is 0 Å². The fourth-order valence-corrected chi connectivity index (χ4v) is 3.51. The van der Waals surface area contributed by atoms with E-state index in [9.17, 15) is 0 Å². The minimum Gasteiger partial charge on any atom is -0.383 e. The average molecular weight is 255 g/mol. The molecule has 3 nitrogen and oxygen atoms in total. The van der Waals surface area contributed by atoms with Gasteiger partial charge in [-0.3, -0.25) is 0 Å². The van der Waals surface area contributed by atoms with Gasteiger partial charge in [0.25, 0.3) is 0 Å². The lowest BCUT2D eigenvalue weighted by Gasteiger charge is -2.31. The highest BCUT2D eigenvalue weighted by molar-refractivity contribution is 5.04. The Bertz CT molecular complexity index is 221. The van der Waals surface area contributed by atoms with Crippen LogP contribution in [0.1, 0.15) is 39.0 Å². The van der Waals surface area contributed by atoms with Crippen LogP contribution in [-0.4, -0.2) is 40.0 Å². The van der Waals surface area contributed by atoms with Gasteiger partial charge in [0.15, 0.2) is 0 Å². The second-order valence-corrected chi connectivity index (χ2v) is 6.20. The summed E-state index contributed by atoms with van der Waals surface area (Å²) >= 11 is 0. The molecule has 0 aromatic carbocycles. The zero-order valence-corrected chi connectivity index (χ0v) is 12.0. The van der Waals surface area contributed by atoms with Crippen LogP contribution in [0.3, 0.4) is 0 Å². The third-order valence-electron chi connectivity index (χ3n) is 4.57. The molecule has 0 bridgehead atoms. The Morgan fingerprint density at radius 3 is 2.61 bits per heavy atom. The molecular formula is C15H29NO2. The third kappa shape index (κ3) is 3.94. The van der Waals surface area contributed by atoms with E-state index in [-0.39, 0.29) is 0 Å². The van der Waals surface area contributed by atoms with Crippen molar-refractivity contribution in [2.75, 3.05) is 40.0 Å². The predicted molar refractivity (Wildman–Crippen MR) is 73.7 cm³/mol. The quantitative estimate of drug-likeness (QED) is 0.608. The largest absolute Gasteiger partial charge is 0.383 e. The number of nitrogens with one attached hydrogen (secondary N) is 1. The first-order valence-corrected chi connectivity index (χ1v) is 7.57. The van der Waals surface area contributed by atoms with Gasteiger partial charge >= 0.3 is 0 Å². The molecule has 0 saturated heterocycles. The molecule has 18 heavy (non-hydrogen) atoms. The summed E-state index contributed by atoms with van der Waals surface area (Å²) < 4.78 is 10.8. The van der Waals surface area contributed by atoms with Crippen molar-refractivity contribution in [1.82, 2.24) is 5.32 Å². The van der Waals surface area contributed by atoms with E-state index in [0.717, 1.165) is 51.2 Å². The Labute approximate surface area is 112 Å². The number of rotatable bonds is 10. The van der Waals surface area contributed by atoms with E-state index < -0.39 is 0 Å². The fraction of sp³-hybridized carbons (Fsp3) is 1.00. The minimum atomic E-state index is 0.523. The van der Waals surface area contributed by atoms with Crippen LogP contribution in [0.15, 0.2) is 0 Å². The summed E-state index contributed by atoms with van der Waals surface area (Å²) in [6, 6.07) is 0. The predicted octanol–water partition coefficient (Wildman–Crippen LogP) is 2.46. The van der Waals surface area contributed by atoms with Crippen LogP contribution in [0.5, 0.6) is 0 Å². The van der Waals surface area contributed by atoms with Gasteiger partial charge in [0.05, 0.1) is 6.61 Å². The SMILES string of the molecule is CCCOCCC1(CNCCOC)CC2CC2C1. The van der Waals surface area contributed by atoms with E-state index in [4.69, 9.17) is 9.47 Å². The molecule has 1 N–H and O–H groups in total. The maximum absolute atomic E-state index is 5.69. The molecule has 0 aromatic heterocycles. The summed E-state index contributed by atoms with van der Waals surface area (Å²) in [7, 11) is 1.76. The topological polar surface area (TPSA) is 30.5 Å². The molecule has 2 unspecified atom stereocenters. The van der Waals surface area contributed by atoms with Gasteiger partial charge in [-0.2, -0.15) is 0 Å². The molecule has 0 aliphatic heterocycles. The molecule has 2 saturated carbocycles. The molecule has 2 aliphatic rings. The minimum absolute atomic E-state index is 0.523. The van der Waals surface area contributed by atoms with Crippen molar-refractivity contribution in [3.63, 3.8) is 0 Å². The third-order valence-corrected chi connectivity index (χ3v) is 4.57. The van der Waals surface area contributed by atoms with Gasteiger partial charge in [0.2, 0.25) is 0 Å². The van der Waals surface area contributed by atoms with Crippen LogP contribution in [0, 0.1) is 17.3 Å². The Kier molecular flexibility index (Phi) is 5.46. The smallest absolute Gasteiger partial charge is 0.0587 e. The number of methoxy groups -OCH3 is 1. The number of fused-ring (bicyclic) bond motifs is 1. The Morgan fingerprint density at radius 2 is 1.94 bits per heavy atom. The van der Waals surface area contributed by atoms with Gasteiger partial charge in [-0.25, -0.2) is 0 Å².